The number of benzene rings is 2. The molecule has 0 fully saturated rings. The van der Waals surface area contributed by atoms with Crippen LogP contribution in [0.5, 0.6) is 11.8 Å². The minimum absolute atomic E-state index is 0.101. The minimum Gasteiger partial charge on any atom is -0.474 e. The molecule has 182 valence electrons. The number of carbonyl (C=O) groups is 1. The van der Waals surface area contributed by atoms with Gasteiger partial charge in [0.05, 0.1) is 20.5 Å². The smallest absolute Gasteiger partial charge is 0.348 e. The van der Waals surface area contributed by atoms with Gasteiger partial charge in [-0.1, -0.05) is 37.1 Å². The number of aromatic nitrogens is 2. The lowest BCUT2D eigenvalue weighted by atomic mass is 10.1. The van der Waals surface area contributed by atoms with Crippen LogP contribution in [-0.2, 0) is 4.74 Å². The normalized spacial score (nSPS) is 12.1. The van der Waals surface area contributed by atoms with Crippen LogP contribution in [0.2, 0.25) is 5.02 Å². The Morgan fingerprint density at radius 1 is 1.26 bits per heavy atom. The van der Waals surface area contributed by atoms with E-state index in [9.17, 15) is 14.9 Å². The average Bonchev–Trinajstić information content (AvgIpc) is 2.82. The number of ether oxygens (including phenoxy) is 2. The number of anilines is 1. The Morgan fingerprint density at radius 3 is 2.63 bits per heavy atom. The van der Waals surface area contributed by atoms with Gasteiger partial charge in [0.15, 0.2) is 0 Å². The molecule has 1 unspecified atom stereocenters. The van der Waals surface area contributed by atoms with Crippen LogP contribution in [0.1, 0.15) is 32.3 Å². The largest absolute Gasteiger partial charge is 0.474 e. The van der Waals surface area contributed by atoms with Crippen molar-refractivity contribution >= 4 is 50.8 Å². The molecule has 0 saturated heterocycles. The van der Waals surface area contributed by atoms with Gasteiger partial charge >= 0.3 is 12.0 Å². The fourth-order valence-corrected chi connectivity index (χ4v) is 3.40. The van der Waals surface area contributed by atoms with Gasteiger partial charge in [0.25, 0.3) is 5.69 Å². The van der Waals surface area contributed by atoms with Crippen LogP contribution in [0.15, 0.2) is 64.3 Å². The number of nitro benzene ring substituents is 1. The van der Waals surface area contributed by atoms with Gasteiger partial charge in [-0.25, -0.2) is 14.8 Å². The number of amides is 2. The van der Waals surface area contributed by atoms with E-state index < -0.39 is 11.0 Å². The van der Waals surface area contributed by atoms with Crippen molar-refractivity contribution in [1.82, 2.24) is 9.97 Å². The van der Waals surface area contributed by atoms with Crippen molar-refractivity contribution in [3.05, 3.63) is 80.0 Å². The van der Waals surface area contributed by atoms with Gasteiger partial charge < -0.3 is 14.8 Å². The molecule has 2 aromatic carbocycles. The molecule has 3 aromatic rings. The highest BCUT2D eigenvalue weighted by Crippen LogP contribution is 2.30. The number of para-hydroxylation sites is 1. The third kappa shape index (κ3) is 7.46. The molecule has 0 saturated carbocycles. The van der Waals surface area contributed by atoms with E-state index in [1.165, 1.54) is 42.7 Å². The molecule has 0 aliphatic heterocycles. The van der Waals surface area contributed by atoms with Crippen LogP contribution in [-0.4, -0.2) is 32.9 Å². The molecule has 0 aliphatic carbocycles. The first-order valence-corrected chi connectivity index (χ1v) is 11.7. The number of nitro groups is 1. The number of nitrogens with one attached hydrogen (secondary N) is 1. The second kappa shape index (κ2) is 12.2. The highest BCUT2D eigenvalue weighted by atomic mass is 79.9. The fourth-order valence-electron chi connectivity index (χ4n) is 2.98. The van der Waals surface area contributed by atoms with Crippen LogP contribution in [0.25, 0.3) is 0 Å². The van der Waals surface area contributed by atoms with Crippen LogP contribution < -0.4 is 10.1 Å². The lowest BCUT2D eigenvalue weighted by molar-refractivity contribution is -0.385. The molecular weight excluding hydrogens is 542 g/mol. The van der Waals surface area contributed by atoms with E-state index >= 15 is 0 Å². The first-order chi connectivity index (χ1) is 16.8. The summed E-state index contributed by atoms with van der Waals surface area (Å²) in [5.74, 6) is 0.141. The van der Waals surface area contributed by atoms with Gasteiger partial charge in [0.2, 0.25) is 5.90 Å². The molecule has 0 bridgehead atoms. The van der Waals surface area contributed by atoms with Crippen molar-refractivity contribution in [2.24, 2.45) is 4.99 Å². The predicted octanol–water partition coefficient (Wildman–Crippen LogP) is 6.78. The molecule has 0 aliphatic rings. The summed E-state index contributed by atoms with van der Waals surface area (Å²) in [6.45, 7) is 3.79. The van der Waals surface area contributed by atoms with E-state index in [0.29, 0.717) is 16.6 Å². The number of hydrogen-bond donors (Lipinski definition) is 1. The number of urea groups is 1. The molecule has 2 amide bonds. The zero-order valence-corrected chi connectivity index (χ0v) is 21.1. The van der Waals surface area contributed by atoms with E-state index in [2.05, 4.69) is 36.2 Å². The quantitative estimate of drug-likeness (QED) is 0.139. The molecule has 35 heavy (non-hydrogen) atoms. The summed E-state index contributed by atoms with van der Waals surface area (Å²) in [6.07, 6.45) is 4.26. The fraction of sp³-hybridized carbons (Fsp3) is 0.217. The molecule has 0 radical (unpaired) electrons. The molecule has 3 rings (SSSR count). The van der Waals surface area contributed by atoms with Gasteiger partial charge in [-0.2, -0.15) is 4.99 Å². The summed E-state index contributed by atoms with van der Waals surface area (Å²) in [7, 11) is 0. The summed E-state index contributed by atoms with van der Waals surface area (Å²) in [6, 6.07) is 9.81. The number of halogens is 2. The number of hydrogen-bond acceptors (Lipinski definition) is 7. The third-order valence-electron chi connectivity index (χ3n) is 4.52. The van der Waals surface area contributed by atoms with Crippen LogP contribution in [0.3, 0.4) is 0 Å². The molecule has 0 spiro atoms. The highest BCUT2D eigenvalue weighted by molar-refractivity contribution is 9.10. The summed E-state index contributed by atoms with van der Waals surface area (Å²) < 4.78 is 12.1. The van der Waals surface area contributed by atoms with Crippen molar-refractivity contribution in [2.45, 2.75) is 32.8 Å². The molecule has 1 heterocycles. The number of aliphatic imine (C=N–C) groups is 1. The molecule has 12 heteroatoms. The lowest BCUT2D eigenvalue weighted by Gasteiger charge is -2.16. The van der Waals surface area contributed by atoms with Gasteiger partial charge in [-0.15, -0.1) is 0 Å². The Kier molecular flexibility index (Phi) is 9.10. The predicted molar refractivity (Wildman–Crippen MR) is 135 cm³/mol. The van der Waals surface area contributed by atoms with E-state index in [1.54, 1.807) is 19.1 Å². The zero-order valence-electron chi connectivity index (χ0n) is 18.8. The number of nitrogens with zero attached hydrogens (tertiary/aromatic N) is 4. The monoisotopic (exact) mass is 561 g/mol. The maximum absolute atomic E-state index is 12.7. The SMILES string of the molecule is CCCC(C)O/C(=N\C(=O)Nc1ccc(Oc2ncc(Br)cn2)c(Cl)c1)c1ccccc1[N+](=O)[O-]. The van der Waals surface area contributed by atoms with E-state index in [1.807, 2.05) is 6.92 Å². The van der Waals surface area contributed by atoms with Gasteiger partial charge in [0.1, 0.15) is 11.3 Å². The number of carbonyl (C=O) groups excluding carboxylic acids is 1. The molecule has 1 atom stereocenters. The highest BCUT2D eigenvalue weighted by Gasteiger charge is 2.22. The topological polar surface area (TPSA) is 129 Å². The summed E-state index contributed by atoms with van der Waals surface area (Å²) in [4.78, 5) is 35.6. The Hall–Kier alpha value is -3.57. The summed E-state index contributed by atoms with van der Waals surface area (Å²) in [5.41, 5.74) is 0.214. The van der Waals surface area contributed by atoms with Crippen LogP contribution in [0, 0.1) is 10.1 Å². The summed E-state index contributed by atoms with van der Waals surface area (Å²) >= 11 is 9.52. The minimum atomic E-state index is -0.789. The second-order valence-electron chi connectivity index (χ2n) is 7.27. The van der Waals surface area contributed by atoms with E-state index in [0.717, 1.165) is 6.42 Å². The van der Waals surface area contributed by atoms with E-state index in [-0.39, 0.29) is 40.0 Å². The third-order valence-corrected chi connectivity index (χ3v) is 5.23. The summed E-state index contributed by atoms with van der Waals surface area (Å²) in [5, 5.41) is 14.3. The van der Waals surface area contributed by atoms with Crippen LogP contribution >= 0.6 is 27.5 Å². The van der Waals surface area contributed by atoms with Crippen LogP contribution in [0.4, 0.5) is 16.2 Å². The van der Waals surface area contributed by atoms with Crippen molar-refractivity contribution in [2.75, 3.05) is 5.32 Å². The standard InChI is InChI=1S/C23H21BrClN5O5/c1-3-6-14(2)34-21(17-7-4-5-8-19(17)30(32)33)29-22(31)28-16-9-10-20(18(25)11-16)35-23-26-12-15(24)13-27-23/h4-5,7-14H,3,6H2,1-2H3,(H,28,31)/b29-21-. The Bertz CT molecular complexity index is 1240. The zero-order chi connectivity index (χ0) is 25.4. The molecule has 10 nitrogen and oxygen atoms in total. The van der Waals surface area contributed by atoms with E-state index in [4.69, 9.17) is 21.1 Å². The lowest BCUT2D eigenvalue weighted by Crippen LogP contribution is -2.20. The Balaban J connectivity index is 1.82. The van der Waals surface area contributed by atoms with Crippen molar-refractivity contribution < 1.29 is 19.2 Å². The first-order valence-electron chi connectivity index (χ1n) is 10.5. The number of rotatable bonds is 8. The van der Waals surface area contributed by atoms with Crippen molar-refractivity contribution in [1.29, 1.82) is 0 Å². The maximum atomic E-state index is 12.7. The second-order valence-corrected chi connectivity index (χ2v) is 8.59. The Labute approximate surface area is 214 Å². The van der Waals surface area contributed by atoms with Gasteiger partial charge in [-0.05, 0) is 53.5 Å². The first kappa shape index (κ1) is 26.0. The molecule has 1 N–H and O–H groups in total. The average molecular weight is 563 g/mol. The Morgan fingerprint density at radius 2 is 1.97 bits per heavy atom. The van der Waals surface area contributed by atoms with Crippen molar-refractivity contribution in [3.8, 4) is 11.8 Å². The maximum Gasteiger partial charge on any atom is 0.348 e. The van der Waals surface area contributed by atoms with Gasteiger partial charge in [-0.3, -0.25) is 10.1 Å². The van der Waals surface area contributed by atoms with Gasteiger partial charge in [0, 0.05) is 24.1 Å². The molecule has 1 aromatic heterocycles. The van der Waals surface area contributed by atoms with Crippen molar-refractivity contribution in [3.63, 3.8) is 0 Å². The molecular formula is C23H21BrClN5O5.